The van der Waals surface area contributed by atoms with Crippen LogP contribution in [-0.2, 0) is 19.1 Å². The van der Waals surface area contributed by atoms with Gasteiger partial charge in [-0.1, -0.05) is 24.3 Å². The van der Waals surface area contributed by atoms with Crippen LogP contribution in [0.2, 0.25) is 0 Å². The summed E-state index contributed by atoms with van der Waals surface area (Å²) in [7, 11) is 1.61. The fourth-order valence-corrected chi connectivity index (χ4v) is 2.03. The summed E-state index contributed by atoms with van der Waals surface area (Å²) in [4.78, 5) is 31.1. The number of esters is 1. The van der Waals surface area contributed by atoms with Crippen molar-refractivity contribution in [3.63, 3.8) is 0 Å². The lowest BCUT2D eigenvalue weighted by Crippen LogP contribution is -2.21. The Bertz CT molecular complexity index is 862. The molecule has 0 fully saturated rings. The van der Waals surface area contributed by atoms with Gasteiger partial charge in [-0.05, 0) is 35.4 Å². The predicted octanol–water partition coefficient (Wildman–Crippen LogP) is 3.21. The standard InChI is InChI=1S/C16H16O5.C2HF3O2/c1-10(16(19)21-9-15(17)18)11-3-4-13-8-14(20-2)6-5-12(13)7-11;3-2(4,5)1(6)7/h3-8,10H,9H2,1-2H3,(H,17,18);(H,6,7)/t10-;/m0./s1. The number of hydrogen-bond acceptors (Lipinski definition) is 5. The van der Waals surface area contributed by atoms with E-state index in [1.807, 2.05) is 36.4 Å². The molecule has 0 unspecified atom stereocenters. The maximum absolute atomic E-state index is 11.8. The van der Waals surface area contributed by atoms with E-state index in [-0.39, 0.29) is 0 Å². The molecule has 2 aromatic rings. The maximum atomic E-state index is 11.8. The summed E-state index contributed by atoms with van der Waals surface area (Å²) in [5, 5.41) is 17.6. The highest BCUT2D eigenvalue weighted by atomic mass is 19.4. The topological polar surface area (TPSA) is 110 Å². The van der Waals surface area contributed by atoms with Crippen molar-refractivity contribution < 1.29 is 47.2 Å². The highest BCUT2D eigenvalue weighted by Gasteiger charge is 2.38. The molecule has 0 aliphatic rings. The summed E-state index contributed by atoms with van der Waals surface area (Å²) >= 11 is 0. The molecule has 0 amide bonds. The molecule has 10 heteroatoms. The Labute approximate surface area is 157 Å². The molecule has 2 aromatic carbocycles. The quantitative estimate of drug-likeness (QED) is 0.739. The van der Waals surface area contributed by atoms with Gasteiger partial charge in [0.2, 0.25) is 0 Å². The first-order valence-corrected chi connectivity index (χ1v) is 7.72. The average molecular weight is 402 g/mol. The molecule has 152 valence electrons. The van der Waals surface area contributed by atoms with E-state index in [0.29, 0.717) is 0 Å². The van der Waals surface area contributed by atoms with Gasteiger partial charge >= 0.3 is 24.1 Å². The zero-order chi connectivity index (χ0) is 21.5. The number of fused-ring (bicyclic) bond motifs is 1. The second-order valence-electron chi connectivity index (χ2n) is 5.50. The minimum absolute atomic E-state index is 0.518. The third kappa shape index (κ3) is 6.78. The van der Waals surface area contributed by atoms with Gasteiger partial charge in [-0.25, -0.2) is 9.59 Å². The molecule has 0 bridgehead atoms. The van der Waals surface area contributed by atoms with Crippen molar-refractivity contribution in [1.82, 2.24) is 0 Å². The van der Waals surface area contributed by atoms with Gasteiger partial charge in [0.25, 0.3) is 0 Å². The Morgan fingerprint density at radius 2 is 1.57 bits per heavy atom. The van der Waals surface area contributed by atoms with Crippen LogP contribution in [0.5, 0.6) is 5.75 Å². The van der Waals surface area contributed by atoms with Crippen LogP contribution < -0.4 is 4.74 Å². The third-order valence-electron chi connectivity index (χ3n) is 3.51. The minimum Gasteiger partial charge on any atom is -0.497 e. The first-order chi connectivity index (χ1) is 13.0. The number of carbonyl (C=O) groups excluding carboxylic acids is 1. The van der Waals surface area contributed by atoms with Crippen LogP contribution in [0.25, 0.3) is 10.8 Å². The Kier molecular flexibility index (Phi) is 7.78. The van der Waals surface area contributed by atoms with E-state index >= 15 is 0 Å². The van der Waals surface area contributed by atoms with Gasteiger partial charge in [0.15, 0.2) is 6.61 Å². The third-order valence-corrected chi connectivity index (χ3v) is 3.51. The summed E-state index contributed by atoms with van der Waals surface area (Å²) < 4.78 is 41.6. The van der Waals surface area contributed by atoms with Gasteiger partial charge in [0.05, 0.1) is 13.0 Å². The van der Waals surface area contributed by atoms with E-state index in [1.54, 1.807) is 14.0 Å². The number of ether oxygens (including phenoxy) is 2. The van der Waals surface area contributed by atoms with Gasteiger partial charge in [-0.3, -0.25) is 4.79 Å². The molecule has 0 radical (unpaired) electrons. The molecule has 28 heavy (non-hydrogen) atoms. The van der Waals surface area contributed by atoms with Gasteiger partial charge in [-0.15, -0.1) is 0 Å². The van der Waals surface area contributed by atoms with E-state index in [9.17, 15) is 22.8 Å². The number of carboxylic acids is 2. The molecule has 0 saturated carbocycles. The minimum atomic E-state index is -5.08. The van der Waals surface area contributed by atoms with Crippen molar-refractivity contribution >= 4 is 28.7 Å². The number of carboxylic acid groups (broad SMARTS) is 2. The van der Waals surface area contributed by atoms with E-state index in [1.165, 1.54) is 0 Å². The van der Waals surface area contributed by atoms with E-state index in [2.05, 4.69) is 0 Å². The summed E-state index contributed by atoms with van der Waals surface area (Å²) in [5.41, 5.74) is 0.781. The van der Waals surface area contributed by atoms with Crippen LogP contribution in [0.15, 0.2) is 36.4 Å². The highest BCUT2D eigenvalue weighted by molar-refractivity contribution is 5.87. The number of alkyl halides is 3. The van der Waals surface area contributed by atoms with Crippen molar-refractivity contribution in [1.29, 1.82) is 0 Å². The molecule has 0 saturated heterocycles. The van der Waals surface area contributed by atoms with Crippen molar-refractivity contribution in [3.8, 4) is 5.75 Å². The molecular formula is C18H17F3O7. The maximum Gasteiger partial charge on any atom is 0.490 e. The molecular weight excluding hydrogens is 385 g/mol. The largest absolute Gasteiger partial charge is 0.497 e. The molecule has 1 atom stereocenters. The van der Waals surface area contributed by atoms with Gasteiger partial charge in [-0.2, -0.15) is 13.2 Å². The zero-order valence-electron chi connectivity index (χ0n) is 14.8. The van der Waals surface area contributed by atoms with Gasteiger partial charge < -0.3 is 19.7 Å². The predicted molar refractivity (Wildman–Crippen MR) is 91.2 cm³/mol. The lowest BCUT2D eigenvalue weighted by atomic mass is 9.98. The monoisotopic (exact) mass is 402 g/mol. The molecule has 2 N–H and O–H groups in total. The zero-order valence-corrected chi connectivity index (χ0v) is 14.8. The van der Waals surface area contributed by atoms with Crippen LogP contribution in [-0.4, -0.2) is 48.0 Å². The molecule has 0 spiro atoms. The molecule has 7 nitrogen and oxygen atoms in total. The number of hydrogen-bond donors (Lipinski definition) is 2. The van der Waals surface area contributed by atoms with Gasteiger partial charge in [0.1, 0.15) is 5.75 Å². The second kappa shape index (κ2) is 9.58. The van der Waals surface area contributed by atoms with E-state index < -0.39 is 36.6 Å². The van der Waals surface area contributed by atoms with Crippen molar-refractivity contribution in [3.05, 3.63) is 42.0 Å². The average Bonchev–Trinajstić information content (AvgIpc) is 2.64. The first kappa shape index (κ1) is 22.7. The van der Waals surface area contributed by atoms with E-state index in [4.69, 9.17) is 24.5 Å². The molecule has 0 heterocycles. The number of rotatable bonds is 5. The van der Waals surface area contributed by atoms with Crippen molar-refractivity contribution in [2.45, 2.75) is 19.0 Å². The Hall–Kier alpha value is -3.30. The normalized spacial score (nSPS) is 11.8. The molecule has 2 rings (SSSR count). The molecule has 0 aliphatic heterocycles. The van der Waals surface area contributed by atoms with Crippen molar-refractivity contribution in [2.75, 3.05) is 13.7 Å². The summed E-state index contributed by atoms with van der Waals surface area (Å²) in [5.74, 6) is -4.22. The van der Waals surface area contributed by atoms with Crippen LogP contribution in [0.4, 0.5) is 13.2 Å². The van der Waals surface area contributed by atoms with Gasteiger partial charge in [0, 0.05) is 0 Å². The van der Waals surface area contributed by atoms with Crippen LogP contribution in [0, 0.1) is 0 Å². The smallest absolute Gasteiger partial charge is 0.490 e. The lowest BCUT2D eigenvalue weighted by Gasteiger charge is -2.12. The molecule has 0 aliphatic carbocycles. The summed E-state index contributed by atoms with van der Waals surface area (Å²) in [6, 6.07) is 11.3. The number of methoxy groups -OCH3 is 1. The Morgan fingerprint density at radius 3 is 2.07 bits per heavy atom. The van der Waals surface area contributed by atoms with Crippen molar-refractivity contribution in [2.24, 2.45) is 0 Å². The SMILES string of the molecule is COc1ccc2cc([C@H](C)C(=O)OCC(=O)O)ccc2c1.O=C(O)C(F)(F)F. The Morgan fingerprint density at radius 1 is 1.04 bits per heavy atom. The second-order valence-corrected chi connectivity index (χ2v) is 5.50. The van der Waals surface area contributed by atoms with Crippen LogP contribution >= 0.6 is 0 Å². The first-order valence-electron chi connectivity index (χ1n) is 7.72. The Balaban J connectivity index is 0.000000480. The number of carbonyl (C=O) groups is 3. The number of benzene rings is 2. The van der Waals surface area contributed by atoms with E-state index in [0.717, 1.165) is 22.1 Å². The summed E-state index contributed by atoms with van der Waals surface area (Å²) in [6.07, 6.45) is -5.08. The fourth-order valence-electron chi connectivity index (χ4n) is 2.03. The van der Waals surface area contributed by atoms with Crippen LogP contribution in [0.1, 0.15) is 18.4 Å². The fraction of sp³-hybridized carbons (Fsp3) is 0.278. The van der Waals surface area contributed by atoms with Crippen LogP contribution in [0.3, 0.4) is 0 Å². The molecule has 0 aromatic heterocycles. The lowest BCUT2D eigenvalue weighted by molar-refractivity contribution is -0.192. The number of halogens is 3. The number of aliphatic carboxylic acids is 2. The highest BCUT2D eigenvalue weighted by Crippen LogP contribution is 2.25. The summed E-state index contributed by atoms with van der Waals surface area (Å²) in [6.45, 7) is 1.07.